The molecule has 1 aliphatic heterocycles. The monoisotopic (exact) mass is 424 g/mol. The number of carbonyl (C=O) groups is 1. The van der Waals surface area contributed by atoms with Crippen LogP contribution in [0.15, 0.2) is 71.6 Å². The predicted molar refractivity (Wildman–Crippen MR) is 114 cm³/mol. The molecule has 0 atom stereocenters. The van der Waals surface area contributed by atoms with E-state index < -0.39 is 15.8 Å². The van der Waals surface area contributed by atoms with Crippen LogP contribution in [-0.4, -0.2) is 14.3 Å². The highest BCUT2D eigenvalue weighted by Crippen LogP contribution is 2.32. The minimum absolute atomic E-state index is 0.00000241. The second-order valence-corrected chi connectivity index (χ2v) is 9.01. The highest BCUT2D eigenvalue weighted by molar-refractivity contribution is 7.92. The van der Waals surface area contributed by atoms with Crippen molar-refractivity contribution in [1.29, 1.82) is 0 Å². The van der Waals surface area contributed by atoms with Gasteiger partial charge in [0.2, 0.25) is 5.91 Å². The van der Waals surface area contributed by atoms with Crippen LogP contribution in [0.25, 0.3) is 0 Å². The van der Waals surface area contributed by atoms with Gasteiger partial charge in [-0.1, -0.05) is 30.3 Å². The number of nitrogens with zero attached hydrogens (tertiary/aromatic N) is 1. The average molecular weight is 424 g/mol. The van der Waals surface area contributed by atoms with Crippen molar-refractivity contribution < 1.29 is 17.6 Å². The van der Waals surface area contributed by atoms with Gasteiger partial charge in [0.15, 0.2) is 0 Å². The maximum atomic E-state index is 13.5. The molecule has 3 aromatic rings. The summed E-state index contributed by atoms with van der Waals surface area (Å²) in [6.45, 7) is 1.98. The van der Waals surface area contributed by atoms with Crippen molar-refractivity contribution in [2.75, 3.05) is 9.62 Å². The first-order chi connectivity index (χ1) is 14.3. The Bertz CT molecular complexity index is 1210. The topological polar surface area (TPSA) is 66.5 Å². The molecule has 4 rings (SSSR count). The molecule has 0 saturated heterocycles. The normalized spacial score (nSPS) is 13.8. The maximum absolute atomic E-state index is 13.5. The average Bonchev–Trinajstić information content (AvgIpc) is 2.72. The number of sulfonamides is 1. The van der Waals surface area contributed by atoms with E-state index in [4.69, 9.17) is 0 Å². The van der Waals surface area contributed by atoms with Crippen LogP contribution < -0.4 is 9.62 Å². The standard InChI is InChI=1S/C23H21FN2O3S/c1-16-13-20(9-10-21(16)24)30(28,29)25-19-8-11-22-18(14-19)7-12-23(27)26(22)15-17-5-3-2-4-6-17/h2-6,8-11,13-14,25H,7,12,15H2,1H3. The number of halogens is 1. The Kier molecular flexibility index (Phi) is 5.30. The molecule has 1 amide bonds. The zero-order chi connectivity index (χ0) is 21.3. The Balaban J connectivity index is 1.60. The predicted octanol–water partition coefficient (Wildman–Crippen LogP) is 4.41. The number of amides is 1. The quantitative estimate of drug-likeness (QED) is 0.660. The number of hydrogen-bond donors (Lipinski definition) is 1. The van der Waals surface area contributed by atoms with E-state index in [1.807, 2.05) is 30.3 Å². The molecule has 1 aliphatic rings. The minimum Gasteiger partial charge on any atom is -0.308 e. The second-order valence-electron chi connectivity index (χ2n) is 7.33. The largest absolute Gasteiger partial charge is 0.308 e. The summed E-state index contributed by atoms with van der Waals surface area (Å²) in [5.74, 6) is -0.410. The Morgan fingerprint density at radius 2 is 1.77 bits per heavy atom. The van der Waals surface area contributed by atoms with Crippen molar-refractivity contribution in [1.82, 2.24) is 0 Å². The fourth-order valence-electron chi connectivity index (χ4n) is 3.56. The van der Waals surface area contributed by atoms with E-state index in [1.165, 1.54) is 19.1 Å². The lowest BCUT2D eigenvalue weighted by molar-refractivity contribution is -0.119. The van der Waals surface area contributed by atoms with Crippen molar-refractivity contribution in [3.05, 3.63) is 89.2 Å². The summed E-state index contributed by atoms with van der Waals surface area (Å²) in [5, 5.41) is 0. The van der Waals surface area contributed by atoms with Crippen LogP contribution in [0.2, 0.25) is 0 Å². The molecular formula is C23H21FN2O3S. The summed E-state index contributed by atoms with van der Waals surface area (Å²) in [6.07, 6.45) is 0.915. The van der Waals surface area contributed by atoms with Gasteiger partial charge in [-0.15, -0.1) is 0 Å². The molecule has 5 nitrogen and oxygen atoms in total. The third-order valence-electron chi connectivity index (χ3n) is 5.15. The molecule has 154 valence electrons. The molecule has 0 aliphatic carbocycles. The summed E-state index contributed by atoms with van der Waals surface area (Å²) in [4.78, 5) is 14.2. The van der Waals surface area contributed by atoms with Gasteiger partial charge in [-0.05, 0) is 66.4 Å². The van der Waals surface area contributed by atoms with E-state index in [1.54, 1.807) is 23.1 Å². The summed E-state index contributed by atoms with van der Waals surface area (Å²) in [7, 11) is -3.85. The molecule has 0 aromatic heterocycles. The van der Waals surface area contributed by atoms with Gasteiger partial charge in [-0.3, -0.25) is 9.52 Å². The lowest BCUT2D eigenvalue weighted by Crippen LogP contribution is -2.34. The Morgan fingerprint density at radius 1 is 1.00 bits per heavy atom. The number of carbonyl (C=O) groups excluding carboxylic acids is 1. The molecule has 1 heterocycles. The number of rotatable bonds is 5. The van der Waals surface area contributed by atoms with Crippen LogP contribution in [0.5, 0.6) is 0 Å². The van der Waals surface area contributed by atoms with Crippen LogP contribution in [0.3, 0.4) is 0 Å². The van der Waals surface area contributed by atoms with Gasteiger partial charge >= 0.3 is 0 Å². The third-order valence-corrected chi connectivity index (χ3v) is 6.53. The molecule has 0 saturated carbocycles. The van der Waals surface area contributed by atoms with E-state index in [0.717, 1.165) is 22.9 Å². The molecule has 3 aromatic carbocycles. The summed E-state index contributed by atoms with van der Waals surface area (Å²) in [6, 6.07) is 18.6. The van der Waals surface area contributed by atoms with Gasteiger partial charge in [0.25, 0.3) is 10.0 Å². The summed E-state index contributed by atoms with van der Waals surface area (Å²) in [5.41, 5.74) is 3.38. The van der Waals surface area contributed by atoms with Crippen LogP contribution in [0, 0.1) is 12.7 Å². The first-order valence-corrected chi connectivity index (χ1v) is 11.1. The van der Waals surface area contributed by atoms with Crippen LogP contribution in [0.1, 0.15) is 23.1 Å². The number of aryl methyl sites for hydroxylation is 2. The first-order valence-electron chi connectivity index (χ1n) is 9.60. The van der Waals surface area contributed by atoms with Gasteiger partial charge in [0.1, 0.15) is 5.82 Å². The first kappa shape index (κ1) is 20.1. The van der Waals surface area contributed by atoms with E-state index >= 15 is 0 Å². The molecule has 0 fully saturated rings. The number of benzene rings is 3. The van der Waals surface area contributed by atoms with Gasteiger partial charge in [-0.25, -0.2) is 12.8 Å². The molecule has 1 N–H and O–H groups in total. The highest BCUT2D eigenvalue weighted by atomic mass is 32.2. The molecule has 7 heteroatoms. The summed E-state index contributed by atoms with van der Waals surface area (Å²) >= 11 is 0. The van der Waals surface area contributed by atoms with E-state index in [0.29, 0.717) is 25.1 Å². The smallest absolute Gasteiger partial charge is 0.261 e. The number of fused-ring (bicyclic) bond motifs is 1. The molecule has 0 radical (unpaired) electrons. The van der Waals surface area contributed by atoms with Gasteiger partial charge in [0.05, 0.1) is 11.4 Å². The van der Waals surface area contributed by atoms with E-state index in [-0.39, 0.29) is 16.4 Å². The Labute approximate surface area is 175 Å². The van der Waals surface area contributed by atoms with Crippen molar-refractivity contribution in [2.24, 2.45) is 0 Å². The Hall–Kier alpha value is -3.19. The lowest BCUT2D eigenvalue weighted by atomic mass is 10.00. The SMILES string of the molecule is Cc1cc(S(=O)(=O)Nc2ccc3c(c2)CCC(=O)N3Cc2ccccc2)ccc1F. The van der Waals surface area contributed by atoms with Crippen LogP contribution in [0.4, 0.5) is 15.8 Å². The van der Waals surface area contributed by atoms with Crippen molar-refractivity contribution >= 4 is 27.3 Å². The van der Waals surface area contributed by atoms with E-state index in [9.17, 15) is 17.6 Å². The van der Waals surface area contributed by atoms with Gasteiger partial charge in [0, 0.05) is 17.8 Å². The molecule has 0 spiro atoms. The molecule has 0 bridgehead atoms. The third kappa shape index (κ3) is 4.07. The zero-order valence-electron chi connectivity index (χ0n) is 16.4. The number of hydrogen-bond acceptors (Lipinski definition) is 3. The highest BCUT2D eigenvalue weighted by Gasteiger charge is 2.25. The zero-order valence-corrected chi connectivity index (χ0v) is 17.2. The maximum Gasteiger partial charge on any atom is 0.261 e. The summed E-state index contributed by atoms with van der Waals surface area (Å²) < 4.78 is 41.4. The van der Waals surface area contributed by atoms with E-state index in [2.05, 4.69) is 4.72 Å². The molecule has 0 unspecified atom stereocenters. The van der Waals surface area contributed by atoms with Crippen molar-refractivity contribution in [3.8, 4) is 0 Å². The minimum atomic E-state index is -3.85. The molecular weight excluding hydrogens is 403 g/mol. The fourth-order valence-corrected chi connectivity index (χ4v) is 4.70. The lowest BCUT2D eigenvalue weighted by Gasteiger charge is -2.30. The Morgan fingerprint density at radius 3 is 2.50 bits per heavy atom. The van der Waals surface area contributed by atoms with Gasteiger partial charge < -0.3 is 4.90 Å². The molecule has 30 heavy (non-hydrogen) atoms. The van der Waals surface area contributed by atoms with Gasteiger partial charge in [-0.2, -0.15) is 0 Å². The van der Waals surface area contributed by atoms with Crippen LogP contribution in [-0.2, 0) is 27.8 Å². The number of anilines is 2. The van der Waals surface area contributed by atoms with Crippen molar-refractivity contribution in [2.45, 2.75) is 31.2 Å². The second kappa shape index (κ2) is 7.91. The fraction of sp³-hybridized carbons (Fsp3) is 0.174. The van der Waals surface area contributed by atoms with Crippen LogP contribution >= 0.6 is 0 Å². The van der Waals surface area contributed by atoms with Crippen molar-refractivity contribution in [3.63, 3.8) is 0 Å². The number of nitrogens with one attached hydrogen (secondary N) is 1.